The van der Waals surface area contributed by atoms with Crippen LogP contribution in [0.15, 0.2) is 146 Å². The zero-order valence-corrected chi connectivity index (χ0v) is 39.7. The maximum atomic E-state index is 12.1. The fourth-order valence-corrected chi connectivity index (χ4v) is 18.9. The quantitative estimate of drug-likeness (QED) is 0.0416. The Balaban J connectivity index is 1.61. The number of carbonyl (C=O) groups is 1. The molecule has 5 rings (SSSR count). The molecule has 5 atom stereocenters. The first-order valence-corrected chi connectivity index (χ1v) is 26.3. The predicted molar refractivity (Wildman–Crippen MR) is 255 cm³/mol. The van der Waals surface area contributed by atoms with Crippen LogP contribution in [0.3, 0.4) is 0 Å². The zero-order chi connectivity index (χ0) is 43.2. The summed E-state index contributed by atoms with van der Waals surface area (Å²) in [5.41, 5.74) is 0. The Morgan fingerprint density at radius 1 is 0.717 bits per heavy atom. The van der Waals surface area contributed by atoms with Gasteiger partial charge in [0.2, 0.25) is 0 Å². The van der Waals surface area contributed by atoms with Gasteiger partial charge in [-0.15, -0.1) is 0 Å². The number of rotatable bonds is 20. The third kappa shape index (κ3) is 11.1. The summed E-state index contributed by atoms with van der Waals surface area (Å²) in [5, 5.41) is 16.7. The third-order valence-electron chi connectivity index (χ3n) is 12.6. The van der Waals surface area contributed by atoms with E-state index in [9.17, 15) is 9.90 Å². The van der Waals surface area contributed by atoms with Crippen molar-refractivity contribution in [3.05, 3.63) is 146 Å². The smallest absolute Gasteiger partial charge is 0.305 e. The molecule has 4 aromatic carbocycles. The summed E-state index contributed by atoms with van der Waals surface area (Å²) in [7, 11) is -4.37. The Kier molecular flexibility index (Phi) is 17.1. The lowest BCUT2D eigenvalue weighted by molar-refractivity contribution is -0.140. The number of aliphatic hydroxyl groups excluding tert-OH is 1. The van der Waals surface area contributed by atoms with Gasteiger partial charge in [0.25, 0.3) is 16.6 Å². The van der Waals surface area contributed by atoms with Crippen LogP contribution in [0.2, 0.25) is 10.1 Å². The number of esters is 1. The number of methoxy groups -OCH3 is 1. The minimum absolute atomic E-state index is 0.0505. The van der Waals surface area contributed by atoms with Crippen molar-refractivity contribution >= 4 is 43.4 Å². The average molecular weight is 845 g/mol. The molecule has 1 aliphatic carbocycles. The van der Waals surface area contributed by atoms with E-state index in [2.05, 4.69) is 194 Å². The number of aliphatic hydroxyl groups is 1. The van der Waals surface area contributed by atoms with Crippen molar-refractivity contribution in [2.45, 2.75) is 135 Å². The van der Waals surface area contributed by atoms with Gasteiger partial charge in [0.1, 0.15) is 0 Å². The van der Waals surface area contributed by atoms with Crippen LogP contribution in [0.1, 0.15) is 106 Å². The zero-order valence-electron chi connectivity index (χ0n) is 37.7. The second kappa shape index (κ2) is 21.8. The number of benzene rings is 4. The Hall–Kier alpha value is -3.86. The van der Waals surface area contributed by atoms with Crippen molar-refractivity contribution < 1.29 is 23.5 Å². The molecule has 0 bridgehead atoms. The van der Waals surface area contributed by atoms with E-state index in [0.29, 0.717) is 19.3 Å². The summed E-state index contributed by atoms with van der Waals surface area (Å²) >= 11 is 0. The number of hydrogen-bond donors (Lipinski definition) is 1. The van der Waals surface area contributed by atoms with Crippen molar-refractivity contribution in [2.75, 3.05) is 7.11 Å². The van der Waals surface area contributed by atoms with Gasteiger partial charge in [-0.05, 0) is 68.8 Å². The number of hydrogen-bond acceptors (Lipinski definition) is 5. The second-order valence-corrected chi connectivity index (χ2v) is 27.2. The van der Waals surface area contributed by atoms with Crippen molar-refractivity contribution in [2.24, 2.45) is 11.8 Å². The molecule has 0 aromatic heterocycles. The maximum Gasteiger partial charge on any atom is 0.305 e. The fourth-order valence-electron chi connectivity index (χ4n) is 9.53. The van der Waals surface area contributed by atoms with E-state index in [4.69, 9.17) is 13.6 Å². The van der Waals surface area contributed by atoms with Crippen molar-refractivity contribution in [3.8, 4) is 0 Å². The van der Waals surface area contributed by atoms with Crippen LogP contribution in [-0.2, 0) is 18.4 Å². The molecule has 0 saturated heterocycles. The van der Waals surface area contributed by atoms with E-state index >= 15 is 0 Å². The minimum atomic E-state index is -2.94. The highest BCUT2D eigenvalue weighted by Crippen LogP contribution is 2.45. The molecule has 5 nitrogen and oxygen atoms in total. The Morgan fingerprint density at radius 2 is 1.20 bits per heavy atom. The molecular formula is C53H72O5Si2. The van der Waals surface area contributed by atoms with E-state index in [1.807, 2.05) is 0 Å². The van der Waals surface area contributed by atoms with Crippen molar-refractivity contribution in [1.29, 1.82) is 0 Å². The summed E-state index contributed by atoms with van der Waals surface area (Å²) < 4.78 is 20.6. The van der Waals surface area contributed by atoms with Gasteiger partial charge >= 0.3 is 5.97 Å². The van der Waals surface area contributed by atoms with Crippen LogP contribution < -0.4 is 20.7 Å². The highest BCUT2D eigenvalue weighted by Gasteiger charge is 2.55. The van der Waals surface area contributed by atoms with Crippen molar-refractivity contribution in [1.82, 2.24) is 0 Å². The molecule has 1 N–H and O–H groups in total. The first-order chi connectivity index (χ1) is 28.8. The minimum Gasteiger partial charge on any atom is -0.469 e. The van der Waals surface area contributed by atoms with Crippen LogP contribution in [0.4, 0.5) is 0 Å². The van der Waals surface area contributed by atoms with Crippen LogP contribution in [0.25, 0.3) is 0 Å². The van der Waals surface area contributed by atoms with Gasteiger partial charge in [0, 0.05) is 12.3 Å². The van der Waals surface area contributed by atoms with Crippen LogP contribution in [0.5, 0.6) is 0 Å². The molecule has 60 heavy (non-hydrogen) atoms. The number of allylic oxidation sites excluding steroid dienone is 2. The first kappa shape index (κ1) is 47.2. The molecule has 4 aromatic rings. The van der Waals surface area contributed by atoms with E-state index in [0.717, 1.165) is 38.5 Å². The molecule has 0 radical (unpaired) electrons. The van der Waals surface area contributed by atoms with Crippen LogP contribution in [0, 0.1) is 11.8 Å². The molecule has 1 aliphatic rings. The normalized spacial score (nSPS) is 19.6. The van der Waals surface area contributed by atoms with Gasteiger partial charge in [-0.25, -0.2) is 0 Å². The molecule has 1 unspecified atom stereocenters. The van der Waals surface area contributed by atoms with Crippen LogP contribution >= 0.6 is 0 Å². The number of ether oxygens (including phenoxy) is 1. The lowest BCUT2D eigenvalue weighted by Crippen LogP contribution is -2.68. The molecule has 1 fully saturated rings. The number of unbranched alkanes of at least 4 members (excludes halogenated alkanes) is 3. The standard InChI is InChI=1S/C53H72O5Si2/c1-9-10-17-28-42(57-59(52(2,3)4,43-29-18-13-19-30-43)44-31-20-14-21-32-44)39-40-48-47(37-26-11-12-27-38-51(55)56-8)49(54)41-50(48)58-60(53(5,6)7,45-33-22-15-23-34-45)46-35-24-16-25-36-46/h11,13-16,18-26,29-36,39-40,42,47-50,54H,9-10,12,17,27-28,37-38,41H2,1-8H3/b26-11-,40-39-/t42-,47-,48+,49?,50+/m0/s1. The lowest BCUT2D eigenvalue weighted by Gasteiger charge is -2.46. The summed E-state index contributed by atoms with van der Waals surface area (Å²) in [6, 6.07) is 43.6. The number of carbonyl (C=O) groups excluding carboxylic acids is 1. The molecule has 0 amide bonds. The highest BCUT2D eigenvalue weighted by molar-refractivity contribution is 7.00. The molecule has 0 spiro atoms. The summed E-state index contributed by atoms with van der Waals surface area (Å²) in [6.07, 6.45) is 15.6. The van der Waals surface area contributed by atoms with Gasteiger partial charge in [0.05, 0.1) is 25.4 Å². The molecule has 0 heterocycles. The summed E-state index contributed by atoms with van der Waals surface area (Å²) in [6.45, 7) is 16.3. The van der Waals surface area contributed by atoms with E-state index < -0.39 is 22.7 Å². The van der Waals surface area contributed by atoms with Gasteiger partial charge in [-0.2, -0.15) is 0 Å². The monoisotopic (exact) mass is 844 g/mol. The largest absolute Gasteiger partial charge is 0.469 e. The summed E-state index contributed by atoms with van der Waals surface area (Å²) in [5.74, 6) is -0.291. The predicted octanol–water partition coefficient (Wildman–Crippen LogP) is 10.3. The first-order valence-electron chi connectivity index (χ1n) is 22.4. The van der Waals surface area contributed by atoms with Crippen molar-refractivity contribution in [3.63, 3.8) is 0 Å². The van der Waals surface area contributed by atoms with E-state index in [1.54, 1.807) is 0 Å². The fraction of sp³-hybridized carbons (Fsp3) is 0.453. The van der Waals surface area contributed by atoms with Gasteiger partial charge in [-0.1, -0.05) is 213 Å². The SMILES string of the molecule is CCCCC[C@@H](/C=C\[C@@H]1[C@H](C/C=C\CCCC(=O)OC)C(O)C[C@H]1O[Si](c1ccccc1)(c1ccccc1)C(C)(C)C)O[Si](c1ccccc1)(c1ccccc1)C(C)(C)C. The van der Waals surface area contributed by atoms with Gasteiger partial charge in [0.15, 0.2) is 0 Å². The Bertz CT molecular complexity index is 1840. The molecule has 322 valence electrons. The highest BCUT2D eigenvalue weighted by atomic mass is 28.4. The second-order valence-electron chi connectivity index (χ2n) is 18.7. The topological polar surface area (TPSA) is 65.0 Å². The molecular weight excluding hydrogens is 773 g/mol. The van der Waals surface area contributed by atoms with E-state index in [1.165, 1.54) is 27.9 Å². The maximum absolute atomic E-state index is 12.1. The average Bonchev–Trinajstić information content (AvgIpc) is 3.54. The third-order valence-corrected chi connectivity index (χ3v) is 22.7. The molecule has 0 aliphatic heterocycles. The Morgan fingerprint density at radius 3 is 1.65 bits per heavy atom. The van der Waals surface area contributed by atoms with Gasteiger partial charge in [-0.3, -0.25) is 4.79 Å². The molecule has 1 saturated carbocycles. The van der Waals surface area contributed by atoms with Crippen LogP contribution in [-0.4, -0.2) is 53.1 Å². The van der Waals surface area contributed by atoms with Gasteiger partial charge < -0.3 is 18.7 Å². The molecule has 7 heteroatoms. The lowest BCUT2D eigenvalue weighted by atomic mass is 9.89. The van der Waals surface area contributed by atoms with E-state index in [-0.39, 0.29) is 40.1 Å². The Labute approximate surface area is 364 Å². The summed E-state index contributed by atoms with van der Waals surface area (Å²) in [4.78, 5) is 11.8.